The first kappa shape index (κ1) is 16.7. The van der Waals surface area contributed by atoms with Gasteiger partial charge in [-0.05, 0) is 38.3 Å². The Bertz CT molecular complexity index is 731. The van der Waals surface area contributed by atoms with Crippen molar-refractivity contribution in [1.82, 2.24) is 14.9 Å². The lowest BCUT2D eigenvalue weighted by Crippen LogP contribution is -2.33. The van der Waals surface area contributed by atoms with E-state index in [1.807, 2.05) is 30.9 Å². The van der Waals surface area contributed by atoms with Gasteiger partial charge in [-0.2, -0.15) is 0 Å². The van der Waals surface area contributed by atoms with Crippen molar-refractivity contribution in [3.63, 3.8) is 0 Å². The lowest BCUT2D eigenvalue weighted by Gasteiger charge is -2.18. The number of amides is 2. The molecule has 1 atom stereocenters. The van der Waals surface area contributed by atoms with Crippen LogP contribution in [-0.2, 0) is 6.42 Å². The maximum Gasteiger partial charge on any atom is 0.323 e. The summed E-state index contributed by atoms with van der Waals surface area (Å²) < 4.78 is 5.26. The van der Waals surface area contributed by atoms with E-state index < -0.39 is 0 Å². The Balaban J connectivity index is 1.59. The van der Waals surface area contributed by atoms with Crippen LogP contribution in [0.3, 0.4) is 0 Å². The molecule has 0 aliphatic carbocycles. The van der Waals surface area contributed by atoms with Crippen LogP contribution in [0, 0.1) is 19.8 Å². The van der Waals surface area contributed by atoms with Crippen LogP contribution in [-0.4, -0.2) is 41.1 Å². The monoisotopic (exact) mass is 346 g/mol. The number of hydrogen-bond donors (Lipinski definition) is 1. The highest BCUT2D eigenvalue weighted by Crippen LogP contribution is 2.25. The Labute approximate surface area is 145 Å². The minimum Gasteiger partial charge on any atom is -0.493 e. The number of urea groups is 1. The van der Waals surface area contributed by atoms with Gasteiger partial charge in [0.25, 0.3) is 0 Å². The fourth-order valence-electron chi connectivity index (χ4n) is 2.91. The average molecular weight is 346 g/mol. The number of nitrogens with zero attached hydrogens (tertiary/aromatic N) is 3. The van der Waals surface area contributed by atoms with Gasteiger partial charge in [-0.3, -0.25) is 5.32 Å². The smallest absolute Gasteiger partial charge is 0.323 e. The predicted molar refractivity (Wildman–Crippen MR) is 94.8 cm³/mol. The Morgan fingerprint density at radius 2 is 2.21 bits per heavy atom. The molecule has 1 aliphatic heterocycles. The largest absolute Gasteiger partial charge is 0.493 e. The minimum atomic E-state index is -0.121. The van der Waals surface area contributed by atoms with Crippen LogP contribution in [0.2, 0.25) is 0 Å². The number of likely N-dealkylation sites (tertiary alicyclic amines) is 1. The number of methoxy groups -OCH3 is 1. The molecule has 3 heterocycles. The van der Waals surface area contributed by atoms with Crippen molar-refractivity contribution in [3.8, 4) is 5.75 Å². The molecule has 2 amide bonds. The van der Waals surface area contributed by atoms with Gasteiger partial charge >= 0.3 is 6.03 Å². The first-order chi connectivity index (χ1) is 11.5. The average Bonchev–Trinajstić information content (AvgIpc) is 3.17. The number of pyridine rings is 1. The van der Waals surface area contributed by atoms with E-state index in [-0.39, 0.29) is 6.03 Å². The zero-order valence-electron chi connectivity index (χ0n) is 14.2. The van der Waals surface area contributed by atoms with Gasteiger partial charge in [0.05, 0.1) is 12.1 Å². The van der Waals surface area contributed by atoms with Gasteiger partial charge in [0.15, 0.2) is 11.6 Å². The van der Waals surface area contributed by atoms with Crippen molar-refractivity contribution in [3.05, 3.63) is 33.9 Å². The number of aryl methyl sites for hydroxylation is 2. The Morgan fingerprint density at radius 1 is 1.38 bits per heavy atom. The summed E-state index contributed by atoms with van der Waals surface area (Å²) in [6, 6.07) is 3.55. The molecule has 1 fully saturated rings. The van der Waals surface area contributed by atoms with E-state index in [4.69, 9.17) is 4.74 Å². The van der Waals surface area contributed by atoms with E-state index in [2.05, 4.69) is 20.7 Å². The van der Waals surface area contributed by atoms with Crippen molar-refractivity contribution < 1.29 is 9.53 Å². The van der Waals surface area contributed by atoms with E-state index in [0.29, 0.717) is 17.5 Å². The Hall–Kier alpha value is -2.15. The maximum absolute atomic E-state index is 12.5. The van der Waals surface area contributed by atoms with Crippen LogP contribution in [0.15, 0.2) is 17.5 Å². The second-order valence-electron chi connectivity index (χ2n) is 6.12. The number of carbonyl (C=O) groups is 1. The van der Waals surface area contributed by atoms with Gasteiger partial charge in [0, 0.05) is 36.3 Å². The van der Waals surface area contributed by atoms with Crippen molar-refractivity contribution in [2.24, 2.45) is 5.92 Å². The number of thiazole rings is 1. The second kappa shape index (κ2) is 7.17. The number of rotatable bonds is 4. The lowest BCUT2D eigenvalue weighted by molar-refractivity contribution is 0.220. The summed E-state index contributed by atoms with van der Waals surface area (Å²) in [4.78, 5) is 23.2. The highest BCUT2D eigenvalue weighted by Gasteiger charge is 2.27. The molecule has 0 aromatic carbocycles. The van der Waals surface area contributed by atoms with E-state index in [1.165, 1.54) is 0 Å². The molecule has 1 aliphatic rings. The minimum absolute atomic E-state index is 0.121. The Kier molecular flexibility index (Phi) is 4.99. The molecule has 128 valence electrons. The summed E-state index contributed by atoms with van der Waals surface area (Å²) in [6.45, 7) is 5.40. The standard InChI is InChI=1S/C17H22N4O2S/c1-11-4-5-14(23-3)16(19-11)20-17(22)21-7-6-13(9-21)8-15-18-12(2)10-24-15/h4-5,10,13H,6-9H2,1-3H3,(H,19,20,22). The van der Waals surface area contributed by atoms with Crippen LogP contribution in [0.25, 0.3) is 0 Å². The Morgan fingerprint density at radius 3 is 2.92 bits per heavy atom. The quantitative estimate of drug-likeness (QED) is 0.923. The summed E-state index contributed by atoms with van der Waals surface area (Å²) in [5.41, 5.74) is 1.91. The number of carbonyl (C=O) groups excluding carboxylic acids is 1. The number of hydrogen-bond acceptors (Lipinski definition) is 5. The van der Waals surface area contributed by atoms with Gasteiger partial charge in [-0.1, -0.05) is 0 Å². The maximum atomic E-state index is 12.5. The molecule has 2 aromatic rings. The third-order valence-corrected chi connectivity index (χ3v) is 5.13. The summed E-state index contributed by atoms with van der Waals surface area (Å²) in [5.74, 6) is 1.51. The van der Waals surface area contributed by atoms with Crippen molar-refractivity contribution in [2.75, 3.05) is 25.5 Å². The van der Waals surface area contributed by atoms with Gasteiger partial charge < -0.3 is 9.64 Å². The summed E-state index contributed by atoms with van der Waals surface area (Å²) in [6.07, 6.45) is 1.94. The molecule has 1 saturated heterocycles. The van der Waals surface area contributed by atoms with E-state index >= 15 is 0 Å². The molecule has 3 rings (SSSR count). The van der Waals surface area contributed by atoms with Crippen LogP contribution >= 0.6 is 11.3 Å². The molecule has 6 nitrogen and oxygen atoms in total. The van der Waals surface area contributed by atoms with Crippen LogP contribution in [0.5, 0.6) is 5.75 Å². The molecule has 24 heavy (non-hydrogen) atoms. The van der Waals surface area contributed by atoms with Gasteiger partial charge in [0.1, 0.15) is 0 Å². The SMILES string of the molecule is COc1ccc(C)nc1NC(=O)N1CCC(Cc2nc(C)cs2)C1. The third-order valence-electron chi connectivity index (χ3n) is 4.15. The highest BCUT2D eigenvalue weighted by atomic mass is 32.1. The van der Waals surface area contributed by atoms with Crippen molar-refractivity contribution >= 4 is 23.2 Å². The first-order valence-corrected chi connectivity index (χ1v) is 8.91. The summed E-state index contributed by atoms with van der Waals surface area (Å²) in [7, 11) is 1.57. The topological polar surface area (TPSA) is 67.3 Å². The molecule has 7 heteroatoms. The predicted octanol–water partition coefficient (Wildman–Crippen LogP) is 3.26. The van der Waals surface area contributed by atoms with E-state index in [9.17, 15) is 4.79 Å². The lowest BCUT2D eigenvalue weighted by atomic mass is 10.1. The normalized spacial score (nSPS) is 17.1. The fraction of sp³-hybridized carbons (Fsp3) is 0.471. The van der Waals surface area contributed by atoms with Crippen LogP contribution in [0.1, 0.15) is 22.8 Å². The molecule has 2 aromatic heterocycles. The molecule has 0 saturated carbocycles. The zero-order chi connectivity index (χ0) is 17.1. The van der Waals surface area contributed by atoms with Crippen molar-refractivity contribution in [2.45, 2.75) is 26.7 Å². The molecule has 1 N–H and O–H groups in total. The third kappa shape index (κ3) is 3.84. The summed E-state index contributed by atoms with van der Waals surface area (Å²) >= 11 is 1.70. The molecule has 0 bridgehead atoms. The van der Waals surface area contributed by atoms with Crippen molar-refractivity contribution in [1.29, 1.82) is 0 Å². The van der Waals surface area contributed by atoms with Crippen LogP contribution < -0.4 is 10.1 Å². The van der Waals surface area contributed by atoms with Crippen LogP contribution in [0.4, 0.5) is 10.6 Å². The molecular formula is C17H22N4O2S. The molecule has 0 radical (unpaired) electrons. The molecular weight excluding hydrogens is 324 g/mol. The highest BCUT2D eigenvalue weighted by molar-refractivity contribution is 7.09. The van der Waals surface area contributed by atoms with E-state index in [0.717, 1.165) is 42.3 Å². The number of ether oxygens (including phenoxy) is 1. The molecule has 0 spiro atoms. The van der Waals surface area contributed by atoms with Gasteiger partial charge in [-0.15, -0.1) is 11.3 Å². The second-order valence-corrected chi connectivity index (χ2v) is 7.06. The number of nitrogens with one attached hydrogen (secondary N) is 1. The number of anilines is 1. The fourth-order valence-corrected chi connectivity index (χ4v) is 3.79. The first-order valence-electron chi connectivity index (χ1n) is 8.03. The summed E-state index contributed by atoms with van der Waals surface area (Å²) in [5, 5.41) is 6.10. The zero-order valence-corrected chi connectivity index (χ0v) is 15.0. The van der Waals surface area contributed by atoms with E-state index in [1.54, 1.807) is 18.4 Å². The van der Waals surface area contributed by atoms with Gasteiger partial charge in [-0.25, -0.2) is 14.8 Å². The number of aromatic nitrogens is 2. The molecule has 1 unspecified atom stereocenters. The van der Waals surface area contributed by atoms with Gasteiger partial charge in [0.2, 0.25) is 0 Å².